The number of amides is 1. The zero-order chi connectivity index (χ0) is 10.1. The number of carbonyl (C=O) groups is 2. The second-order valence-electron chi connectivity index (χ2n) is 2.87. The van der Waals surface area contributed by atoms with Crippen molar-refractivity contribution in [2.24, 2.45) is 0 Å². The molecule has 14 heavy (non-hydrogen) atoms. The lowest BCUT2D eigenvalue weighted by Gasteiger charge is -2.30. The molecule has 0 unspecified atom stereocenters. The first kappa shape index (κ1) is 8.50. The third kappa shape index (κ3) is 1.26. The molecule has 0 saturated carbocycles. The van der Waals surface area contributed by atoms with Gasteiger partial charge in [-0.1, -0.05) is 6.07 Å². The number of rotatable bonds is 2. The summed E-state index contributed by atoms with van der Waals surface area (Å²) in [7, 11) is 0. The average Bonchev–Trinajstić information content (AvgIpc) is 2.16. The Balaban J connectivity index is 2.12. The predicted octanol–water partition coefficient (Wildman–Crippen LogP) is 1.31. The molecule has 0 aromatic heterocycles. The molecule has 2 bridgehead atoms. The van der Waals surface area contributed by atoms with Gasteiger partial charge in [-0.2, -0.15) is 0 Å². The van der Waals surface area contributed by atoms with Gasteiger partial charge in [0.15, 0.2) is 0 Å². The normalized spacial score (nSPS) is 12.7. The Kier molecular flexibility index (Phi) is 1.81. The van der Waals surface area contributed by atoms with Gasteiger partial charge in [-0.3, -0.25) is 9.69 Å². The van der Waals surface area contributed by atoms with E-state index in [4.69, 9.17) is 5.11 Å². The topological polar surface area (TPSA) is 57.6 Å². The lowest BCUT2D eigenvalue weighted by Crippen LogP contribution is -2.29. The Hall–Kier alpha value is -2.10. The number of carbonyl (C=O) groups excluding carboxylic acids is 1. The Bertz CT molecular complexity index is 410. The molecule has 2 aliphatic heterocycles. The molecule has 1 N–H and O–H groups in total. The van der Waals surface area contributed by atoms with Gasteiger partial charge in [0.05, 0.1) is 11.4 Å². The first-order valence-electron chi connectivity index (χ1n) is 4.03. The highest BCUT2D eigenvalue weighted by Gasteiger charge is 2.23. The fourth-order valence-electron chi connectivity index (χ4n) is 1.33. The smallest absolute Gasteiger partial charge is 0.328 e. The maximum atomic E-state index is 11.4. The van der Waals surface area contributed by atoms with Crippen molar-refractivity contribution in [3.05, 3.63) is 36.4 Å². The number of nitrogens with zero attached hydrogens (tertiary/aromatic N) is 1. The molecule has 3 rings (SSSR count). The van der Waals surface area contributed by atoms with Crippen LogP contribution in [-0.4, -0.2) is 17.0 Å². The van der Waals surface area contributed by atoms with Gasteiger partial charge in [-0.15, -0.1) is 0 Å². The number of carboxylic acids is 1. The molecule has 4 heteroatoms. The van der Waals surface area contributed by atoms with Gasteiger partial charge >= 0.3 is 5.97 Å². The SMILES string of the molecule is O=C(O)/C=C\C(=O)N1c2cccc1c2. The van der Waals surface area contributed by atoms with Crippen LogP contribution in [0.15, 0.2) is 36.4 Å². The van der Waals surface area contributed by atoms with E-state index in [1.807, 2.05) is 12.1 Å². The number of aliphatic carboxylic acids is 1. The third-order valence-electron chi connectivity index (χ3n) is 1.94. The van der Waals surface area contributed by atoms with Gasteiger partial charge in [-0.25, -0.2) is 4.79 Å². The minimum atomic E-state index is -1.12. The highest BCUT2D eigenvalue weighted by Crippen LogP contribution is 2.37. The maximum absolute atomic E-state index is 11.4. The van der Waals surface area contributed by atoms with Crippen LogP contribution in [0.25, 0.3) is 0 Å². The molecule has 1 aromatic carbocycles. The van der Waals surface area contributed by atoms with Gasteiger partial charge in [0.2, 0.25) is 0 Å². The lowest BCUT2D eigenvalue weighted by atomic mass is 10.1. The first-order valence-corrected chi connectivity index (χ1v) is 4.03. The lowest BCUT2D eigenvalue weighted by molar-refractivity contribution is -0.131. The van der Waals surface area contributed by atoms with Crippen molar-refractivity contribution in [3.63, 3.8) is 0 Å². The molecule has 1 amide bonds. The maximum Gasteiger partial charge on any atom is 0.328 e. The van der Waals surface area contributed by atoms with Gasteiger partial charge in [0.25, 0.3) is 5.91 Å². The average molecular weight is 189 g/mol. The van der Waals surface area contributed by atoms with Gasteiger partial charge in [0, 0.05) is 12.2 Å². The van der Waals surface area contributed by atoms with E-state index in [1.165, 1.54) is 4.90 Å². The van der Waals surface area contributed by atoms with Crippen LogP contribution < -0.4 is 4.90 Å². The van der Waals surface area contributed by atoms with Gasteiger partial charge in [-0.05, 0) is 18.2 Å². The van der Waals surface area contributed by atoms with E-state index in [0.29, 0.717) is 0 Å². The van der Waals surface area contributed by atoms with E-state index >= 15 is 0 Å². The summed E-state index contributed by atoms with van der Waals surface area (Å²) in [6.07, 6.45) is 1.88. The van der Waals surface area contributed by atoms with E-state index in [9.17, 15) is 9.59 Å². The van der Waals surface area contributed by atoms with Crippen molar-refractivity contribution in [3.8, 4) is 0 Å². The molecule has 0 fully saturated rings. The molecule has 1 aromatic rings. The van der Waals surface area contributed by atoms with Crippen LogP contribution in [0.3, 0.4) is 0 Å². The molecule has 2 heterocycles. The number of fused-ring (bicyclic) bond motifs is 2. The van der Waals surface area contributed by atoms with Crippen LogP contribution >= 0.6 is 0 Å². The summed E-state index contributed by atoms with van der Waals surface area (Å²) in [4.78, 5) is 23.0. The fourth-order valence-corrected chi connectivity index (χ4v) is 1.33. The summed E-state index contributed by atoms with van der Waals surface area (Å²) in [5, 5.41) is 8.34. The largest absolute Gasteiger partial charge is 0.478 e. The van der Waals surface area contributed by atoms with Crippen molar-refractivity contribution < 1.29 is 14.7 Å². The molecular formula is C10H7NO3. The van der Waals surface area contributed by atoms with Gasteiger partial charge < -0.3 is 5.11 Å². The second-order valence-corrected chi connectivity index (χ2v) is 2.87. The monoisotopic (exact) mass is 189 g/mol. The van der Waals surface area contributed by atoms with Crippen molar-refractivity contribution in [2.75, 3.05) is 4.90 Å². The minimum Gasteiger partial charge on any atom is -0.478 e. The van der Waals surface area contributed by atoms with Crippen LogP contribution in [0, 0.1) is 0 Å². The molecule has 0 atom stereocenters. The van der Waals surface area contributed by atoms with E-state index in [2.05, 4.69) is 0 Å². The molecule has 0 spiro atoms. The summed E-state index contributed by atoms with van der Waals surface area (Å²) >= 11 is 0. The second kappa shape index (κ2) is 2.99. The summed E-state index contributed by atoms with van der Waals surface area (Å²) in [5.41, 5.74) is 1.59. The molecule has 70 valence electrons. The molecule has 0 radical (unpaired) electrons. The molecule has 2 aliphatic rings. The Labute approximate surface area is 80.1 Å². The van der Waals surface area contributed by atoms with E-state index in [0.717, 1.165) is 23.5 Å². The summed E-state index contributed by atoms with van der Waals surface area (Å²) < 4.78 is 0. The first-order chi connectivity index (χ1) is 6.68. The standard InChI is InChI=1S/C10H7NO3/c12-9(4-5-10(13)14)11-7-2-1-3-8(11)6-7/h1-6H,(H,13,14)/b5-4-. The Morgan fingerprint density at radius 2 is 1.86 bits per heavy atom. The number of hydrogen-bond donors (Lipinski definition) is 1. The fraction of sp³-hybridized carbons (Fsp3) is 0. The van der Waals surface area contributed by atoms with Crippen molar-refractivity contribution in [2.45, 2.75) is 0 Å². The highest BCUT2D eigenvalue weighted by molar-refractivity contribution is 6.12. The van der Waals surface area contributed by atoms with E-state index < -0.39 is 5.97 Å². The molecular weight excluding hydrogens is 182 g/mol. The third-order valence-corrected chi connectivity index (χ3v) is 1.94. The van der Waals surface area contributed by atoms with E-state index in [1.54, 1.807) is 12.1 Å². The van der Waals surface area contributed by atoms with E-state index in [-0.39, 0.29) is 5.91 Å². The highest BCUT2D eigenvalue weighted by atomic mass is 16.4. The predicted molar refractivity (Wildman–Crippen MR) is 50.4 cm³/mol. The van der Waals surface area contributed by atoms with Crippen molar-refractivity contribution in [1.82, 2.24) is 0 Å². The minimum absolute atomic E-state index is 0.333. The summed E-state index contributed by atoms with van der Waals surface area (Å²) in [6, 6.07) is 7.28. The number of hydrogen-bond acceptors (Lipinski definition) is 2. The number of anilines is 2. The van der Waals surface area contributed by atoms with Crippen molar-refractivity contribution >= 4 is 23.3 Å². The Morgan fingerprint density at radius 1 is 1.21 bits per heavy atom. The summed E-state index contributed by atoms with van der Waals surface area (Å²) in [5.74, 6) is -1.46. The van der Waals surface area contributed by atoms with Gasteiger partial charge in [0.1, 0.15) is 0 Å². The quantitative estimate of drug-likeness (QED) is 0.713. The molecule has 0 aliphatic carbocycles. The zero-order valence-electron chi connectivity index (χ0n) is 7.18. The number of carboxylic acid groups (broad SMARTS) is 1. The van der Waals surface area contributed by atoms with Crippen LogP contribution in [0.4, 0.5) is 11.4 Å². The zero-order valence-corrected chi connectivity index (χ0v) is 7.18. The number of benzene rings is 1. The van der Waals surface area contributed by atoms with Crippen LogP contribution in [0.2, 0.25) is 0 Å². The van der Waals surface area contributed by atoms with Crippen LogP contribution in [0.1, 0.15) is 0 Å². The van der Waals surface area contributed by atoms with Crippen LogP contribution in [-0.2, 0) is 9.59 Å². The molecule has 4 nitrogen and oxygen atoms in total. The van der Waals surface area contributed by atoms with Crippen LogP contribution in [0.5, 0.6) is 0 Å². The molecule has 0 saturated heterocycles. The Morgan fingerprint density at radius 3 is 2.36 bits per heavy atom. The summed E-state index contributed by atoms with van der Waals surface area (Å²) in [6.45, 7) is 0. The van der Waals surface area contributed by atoms with Crippen molar-refractivity contribution in [1.29, 1.82) is 0 Å².